The molecule has 302 valence electrons. The molecule has 0 saturated heterocycles. The predicted octanol–water partition coefficient (Wildman–Crippen LogP) is 12.8. The molecule has 0 aliphatic heterocycles. The Labute approximate surface area is 372 Å². The van der Waals surface area contributed by atoms with Crippen LogP contribution in [0.4, 0.5) is 0 Å². The van der Waals surface area contributed by atoms with Gasteiger partial charge in [-0.2, -0.15) is 0 Å². The molecule has 0 fully saturated rings. The lowest BCUT2D eigenvalue weighted by Crippen LogP contribution is -2.30. The Morgan fingerprint density at radius 1 is 0.297 bits per heavy atom. The van der Waals surface area contributed by atoms with E-state index in [1.165, 1.54) is 5.39 Å². The van der Waals surface area contributed by atoms with E-state index in [0.29, 0.717) is 17.5 Å². The molecule has 64 heavy (non-hydrogen) atoms. The van der Waals surface area contributed by atoms with Crippen molar-refractivity contribution in [2.24, 2.45) is 0 Å². The number of para-hydroxylation sites is 1. The first-order valence-electron chi connectivity index (χ1n) is 21.3. The molecular weight excluding hydrogens is 800 g/mol. The van der Waals surface area contributed by atoms with Gasteiger partial charge < -0.3 is 0 Å². The Kier molecular flexibility index (Phi) is 10.2. The van der Waals surface area contributed by atoms with Gasteiger partial charge >= 0.3 is 0 Å². The van der Waals surface area contributed by atoms with Crippen molar-refractivity contribution in [1.82, 2.24) is 19.9 Å². The molecule has 2 aromatic heterocycles. The fourth-order valence-corrected chi connectivity index (χ4v) is 11.3. The normalized spacial score (nSPS) is 11.5. The van der Waals surface area contributed by atoms with Crippen molar-refractivity contribution in [3.63, 3.8) is 0 Å². The summed E-state index contributed by atoms with van der Waals surface area (Å²) in [7, 11) is -2.89. The van der Waals surface area contributed by atoms with Gasteiger partial charge in [0.25, 0.3) is 0 Å². The Bertz CT molecular complexity index is 3380. The van der Waals surface area contributed by atoms with E-state index < -0.39 is 7.49 Å². The summed E-state index contributed by atoms with van der Waals surface area (Å²) in [5.74, 6) is 1.73. The second kappa shape index (κ2) is 16.7. The highest BCUT2D eigenvalue weighted by Gasteiger charge is 2.44. The van der Waals surface area contributed by atoms with E-state index >= 15 is 0 Å². The molecule has 11 rings (SSSR count). The van der Waals surface area contributed by atoms with Gasteiger partial charge in [0, 0.05) is 38.4 Å². The zero-order chi connectivity index (χ0) is 42.9. The van der Waals surface area contributed by atoms with Gasteiger partial charge in [-0.15, -0.1) is 0 Å². The molecule has 2 heterocycles. The van der Waals surface area contributed by atoms with Crippen LogP contribution in [0.3, 0.4) is 0 Å². The smallest absolute Gasteiger partial charge is 0.238 e. The summed E-state index contributed by atoms with van der Waals surface area (Å²) in [6.45, 7) is 0. The van der Waals surface area contributed by atoms with E-state index in [4.69, 9.17) is 19.9 Å². The van der Waals surface area contributed by atoms with Gasteiger partial charge in [-0.05, 0) is 82.9 Å². The molecule has 0 unspecified atom stereocenters. The molecule has 0 atom stereocenters. The van der Waals surface area contributed by atoms with Crippen LogP contribution in [0.15, 0.2) is 237 Å². The van der Waals surface area contributed by atoms with E-state index in [1.54, 1.807) is 0 Å². The van der Waals surface area contributed by atoms with Crippen LogP contribution in [0.2, 0.25) is 0 Å². The van der Waals surface area contributed by atoms with Gasteiger partial charge in [0.15, 0.2) is 17.5 Å². The van der Waals surface area contributed by atoms with Crippen LogP contribution in [0.25, 0.3) is 89.4 Å². The summed E-state index contributed by atoms with van der Waals surface area (Å²) in [6, 6.07) is 80.6. The summed E-state index contributed by atoms with van der Waals surface area (Å²) in [4.78, 5) is 32.8. The van der Waals surface area contributed by atoms with Crippen LogP contribution in [0, 0.1) is 0 Å². The lowest BCUT2D eigenvalue weighted by Gasteiger charge is -2.20. The highest BCUT2D eigenvalue weighted by atomic mass is 31.2. The second-order valence-corrected chi connectivity index (χ2v) is 18.6. The number of aromatic nitrogens is 4. The van der Waals surface area contributed by atoms with Gasteiger partial charge in [0.2, 0.25) is 7.49 Å². The number of nitrogens with zero attached hydrogens (tertiary/aromatic N) is 4. The van der Waals surface area contributed by atoms with E-state index in [2.05, 4.69) is 115 Å². The minimum absolute atomic E-state index is 0.557. The van der Waals surface area contributed by atoms with Crippen molar-refractivity contribution in [2.45, 2.75) is 0 Å². The number of hydrogen-bond acceptors (Lipinski definition) is 5. The van der Waals surface area contributed by atoms with Gasteiger partial charge in [-0.25, -0.2) is 24.8 Å². The van der Waals surface area contributed by atoms with E-state index in [-0.39, 0.29) is 0 Å². The Morgan fingerprint density at radius 2 is 0.719 bits per heavy atom. The average Bonchev–Trinajstić information content (AvgIpc) is 3.39. The van der Waals surface area contributed by atoms with Crippen LogP contribution in [-0.4, -0.2) is 24.8 Å². The molecule has 0 amide bonds. The van der Waals surface area contributed by atoms with Crippen LogP contribution in [0.5, 0.6) is 0 Å². The van der Waals surface area contributed by atoms with Gasteiger partial charge in [-0.3, -0.25) is 0 Å². The minimum atomic E-state index is -2.89. The van der Waals surface area contributed by atoms with Crippen molar-refractivity contribution >= 4 is 45.1 Å². The molecule has 0 spiro atoms. The molecule has 0 radical (unpaired) electrons. The molecular formula is C58H40N4OP+. The van der Waals surface area contributed by atoms with Crippen LogP contribution < -0.4 is 15.9 Å². The summed E-state index contributed by atoms with van der Waals surface area (Å²) >= 11 is 0. The summed E-state index contributed by atoms with van der Waals surface area (Å²) in [5.41, 5.74) is 10.2. The van der Waals surface area contributed by atoms with Gasteiger partial charge in [0.1, 0.15) is 15.9 Å². The maximum absolute atomic E-state index is 12.5. The molecule has 5 nitrogen and oxygen atoms in total. The number of fused-ring (bicyclic) bond motifs is 3. The molecule has 9 aromatic carbocycles. The highest BCUT2D eigenvalue weighted by molar-refractivity contribution is 7.91. The first-order valence-corrected chi connectivity index (χ1v) is 23.1. The summed E-state index contributed by atoms with van der Waals surface area (Å²) < 4.78 is 0. The fourth-order valence-electron chi connectivity index (χ4n) is 8.65. The SMILES string of the molecule is O[P+](c1ccccc1)(c1ccccc1)c1ccc(-c2nc(-c3ccccc3)nc(-c3ccc(-c4cccc(-c5cccc6c(-c7ccccc7)nc7ccccc7c56)c4)cc3)n2)cc1. The molecule has 1 N–H and O–H groups in total. The summed E-state index contributed by atoms with van der Waals surface area (Å²) in [5, 5.41) is 6.10. The zero-order valence-electron chi connectivity index (χ0n) is 34.7. The standard InChI is InChI=1S/C58H40N4OP/c63-64(47-23-9-3-10-24-47,48-25-11-4-12-26-48)49-37-35-44(36-38-49)58-61-56(42-19-7-2-8-20-42)60-57(62-58)43-33-31-40(32-34-43)45-21-15-22-46(39-45)50-28-16-29-52-54(50)51-27-13-14-30-53(51)59-55(52)41-17-5-1-6-18-41/h1-39,63H/q+1. The lowest BCUT2D eigenvalue weighted by molar-refractivity contribution is 0.633. The largest absolute Gasteiger partial charge is 0.247 e. The predicted molar refractivity (Wildman–Crippen MR) is 266 cm³/mol. The van der Waals surface area contributed by atoms with Crippen molar-refractivity contribution < 1.29 is 4.89 Å². The molecule has 0 aliphatic rings. The first kappa shape index (κ1) is 38.9. The number of pyridine rings is 1. The molecule has 0 aliphatic carbocycles. The average molecular weight is 840 g/mol. The molecule has 6 heteroatoms. The Hall–Kier alpha value is -7.95. The molecule has 0 bridgehead atoms. The third kappa shape index (κ3) is 7.23. The monoisotopic (exact) mass is 839 g/mol. The van der Waals surface area contributed by atoms with Crippen LogP contribution in [0.1, 0.15) is 0 Å². The fraction of sp³-hybridized carbons (Fsp3) is 0. The Morgan fingerprint density at radius 3 is 1.33 bits per heavy atom. The summed E-state index contributed by atoms with van der Waals surface area (Å²) in [6.07, 6.45) is 0. The zero-order valence-corrected chi connectivity index (χ0v) is 35.6. The van der Waals surface area contributed by atoms with E-state index in [1.807, 2.05) is 121 Å². The molecule has 11 aromatic rings. The van der Waals surface area contributed by atoms with Crippen molar-refractivity contribution in [1.29, 1.82) is 0 Å². The van der Waals surface area contributed by atoms with Crippen molar-refractivity contribution in [2.75, 3.05) is 0 Å². The second-order valence-electron chi connectivity index (χ2n) is 15.8. The van der Waals surface area contributed by atoms with Gasteiger partial charge in [-0.1, -0.05) is 176 Å². The number of hydrogen-bond donors (Lipinski definition) is 1. The number of benzene rings is 9. The minimum Gasteiger partial charge on any atom is -0.247 e. The van der Waals surface area contributed by atoms with Crippen molar-refractivity contribution in [3.05, 3.63) is 237 Å². The maximum Gasteiger partial charge on any atom is 0.238 e. The lowest BCUT2D eigenvalue weighted by atomic mass is 9.91. The number of rotatable bonds is 9. The third-order valence-corrected chi connectivity index (χ3v) is 15.0. The molecule has 0 saturated carbocycles. The van der Waals surface area contributed by atoms with Crippen LogP contribution >= 0.6 is 7.49 Å². The van der Waals surface area contributed by atoms with Gasteiger partial charge in [0.05, 0.1) is 11.2 Å². The quantitative estimate of drug-likeness (QED) is 0.116. The highest BCUT2D eigenvalue weighted by Crippen LogP contribution is 2.51. The van der Waals surface area contributed by atoms with E-state index in [0.717, 1.165) is 82.4 Å². The topological polar surface area (TPSA) is 71.8 Å². The van der Waals surface area contributed by atoms with E-state index in [9.17, 15) is 4.89 Å². The van der Waals surface area contributed by atoms with Crippen molar-refractivity contribution in [3.8, 4) is 67.7 Å². The third-order valence-electron chi connectivity index (χ3n) is 11.8. The first-order chi connectivity index (χ1) is 31.6. The Balaban J connectivity index is 0.958. The maximum atomic E-state index is 12.5. The van der Waals surface area contributed by atoms with Crippen LogP contribution in [-0.2, 0) is 0 Å².